The van der Waals surface area contributed by atoms with Crippen molar-refractivity contribution in [1.82, 2.24) is 4.98 Å². The van der Waals surface area contributed by atoms with E-state index in [-0.39, 0.29) is 0 Å². The molecule has 0 aliphatic heterocycles. The summed E-state index contributed by atoms with van der Waals surface area (Å²) in [5, 5.41) is 18.5. The van der Waals surface area contributed by atoms with Gasteiger partial charge in [0.05, 0.1) is 5.69 Å². The highest BCUT2D eigenvalue weighted by molar-refractivity contribution is 5.79. The summed E-state index contributed by atoms with van der Waals surface area (Å²) >= 11 is 0. The lowest BCUT2D eigenvalue weighted by atomic mass is 10.1. The summed E-state index contributed by atoms with van der Waals surface area (Å²) in [5.41, 5.74) is 2.99. The van der Waals surface area contributed by atoms with Crippen molar-refractivity contribution in [3.63, 3.8) is 0 Å². The summed E-state index contributed by atoms with van der Waals surface area (Å²) in [6, 6.07) is 2.75. The van der Waals surface area contributed by atoms with Crippen LogP contribution in [0, 0.1) is 0 Å². The number of primary amides is 1. The molecule has 2 atom stereocenters. The van der Waals surface area contributed by atoms with Gasteiger partial charge in [-0.25, -0.2) is 4.98 Å². The van der Waals surface area contributed by atoms with Crippen molar-refractivity contribution in [1.29, 1.82) is 0 Å². The number of aliphatic hydroxyl groups excluding tert-OH is 2. The van der Waals surface area contributed by atoms with Crippen molar-refractivity contribution >= 4 is 5.91 Å². The zero-order valence-electron chi connectivity index (χ0n) is 8.35. The van der Waals surface area contributed by atoms with Gasteiger partial charge in [-0.05, 0) is 12.1 Å². The smallest absolute Gasteiger partial charge is 0.384 e. The van der Waals surface area contributed by atoms with E-state index in [0.29, 0.717) is 6.07 Å². The highest BCUT2D eigenvalue weighted by atomic mass is 19.4. The third kappa shape index (κ3) is 3.14. The lowest BCUT2D eigenvalue weighted by Crippen LogP contribution is -2.34. The van der Waals surface area contributed by atoms with Crippen LogP contribution in [0.1, 0.15) is 17.5 Å². The number of carbonyl (C=O) groups excluding carboxylic acids is 1. The molecule has 0 aliphatic carbocycles. The van der Waals surface area contributed by atoms with Crippen LogP contribution >= 0.6 is 0 Å². The molecule has 0 saturated carbocycles. The summed E-state index contributed by atoms with van der Waals surface area (Å²) < 4.78 is 36.9. The van der Waals surface area contributed by atoms with Crippen molar-refractivity contribution < 1.29 is 28.2 Å². The number of halogens is 3. The predicted molar refractivity (Wildman–Crippen MR) is 49.4 cm³/mol. The lowest BCUT2D eigenvalue weighted by molar-refractivity contribution is -0.141. The molecular weight excluding hydrogens is 241 g/mol. The van der Waals surface area contributed by atoms with Crippen LogP contribution in [0.2, 0.25) is 0 Å². The van der Waals surface area contributed by atoms with Gasteiger partial charge >= 0.3 is 6.18 Å². The average Bonchev–Trinajstić information content (AvgIpc) is 2.26. The predicted octanol–water partition coefficient (Wildman–Crippen LogP) is -0.0200. The molecule has 0 spiro atoms. The fourth-order valence-corrected chi connectivity index (χ4v) is 1.09. The first-order chi connectivity index (χ1) is 7.73. The molecule has 4 N–H and O–H groups in total. The fourth-order valence-electron chi connectivity index (χ4n) is 1.09. The molecule has 17 heavy (non-hydrogen) atoms. The number of nitrogens with zero attached hydrogens (tertiary/aromatic N) is 1. The summed E-state index contributed by atoms with van der Waals surface area (Å²) in [5.74, 6) is -1.25. The van der Waals surface area contributed by atoms with Gasteiger partial charge in [-0.1, -0.05) is 6.07 Å². The van der Waals surface area contributed by atoms with E-state index in [9.17, 15) is 23.1 Å². The highest BCUT2D eigenvalue weighted by Gasteiger charge is 2.34. The summed E-state index contributed by atoms with van der Waals surface area (Å²) in [7, 11) is 0. The van der Waals surface area contributed by atoms with E-state index in [1.807, 2.05) is 0 Å². The Morgan fingerprint density at radius 1 is 1.35 bits per heavy atom. The van der Waals surface area contributed by atoms with Crippen LogP contribution in [0.5, 0.6) is 0 Å². The number of amides is 1. The number of hydrogen-bond acceptors (Lipinski definition) is 4. The maximum Gasteiger partial charge on any atom is 0.433 e. The molecule has 94 valence electrons. The number of rotatable bonds is 3. The van der Waals surface area contributed by atoms with E-state index < -0.39 is 35.7 Å². The number of aliphatic hydroxyl groups is 2. The van der Waals surface area contributed by atoms with Gasteiger partial charge in [-0.2, -0.15) is 13.2 Å². The standard InChI is InChI=1S/C9H9F3N2O3/c10-9(11,12)5-3-1-2-4(14-5)6(15)7(16)8(13)17/h1-3,6-7,15-16H,(H2,13,17). The third-order valence-corrected chi connectivity index (χ3v) is 1.95. The quantitative estimate of drug-likeness (QED) is 0.702. The second-order valence-electron chi connectivity index (χ2n) is 3.24. The molecule has 0 radical (unpaired) electrons. The molecule has 8 heteroatoms. The maximum atomic E-state index is 12.3. The van der Waals surface area contributed by atoms with Crippen molar-refractivity contribution in [3.05, 3.63) is 29.6 Å². The second-order valence-corrected chi connectivity index (χ2v) is 3.24. The van der Waals surface area contributed by atoms with E-state index in [4.69, 9.17) is 10.8 Å². The molecule has 0 fully saturated rings. The van der Waals surface area contributed by atoms with E-state index in [1.54, 1.807) is 0 Å². The highest BCUT2D eigenvalue weighted by Crippen LogP contribution is 2.28. The minimum absolute atomic E-state index is 0.480. The number of alkyl halides is 3. The molecule has 1 heterocycles. The number of nitrogens with two attached hydrogens (primary N) is 1. The van der Waals surface area contributed by atoms with Gasteiger partial charge < -0.3 is 15.9 Å². The van der Waals surface area contributed by atoms with Crippen LogP contribution in [0.4, 0.5) is 13.2 Å². The zero-order valence-corrected chi connectivity index (χ0v) is 8.35. The first kappa shape index (κ1) is 13.4. The molecule has 0 aliphatic rings. The van der Waals surface area contributed by atoms with Gasteiger partial charge in [0.25, 0.3) is 0 Å². The Kier molecular flexibility index (Phi) is 3.69. The number of hydrogen-bond donors (Lipinski definition) is 3. The van der Waals surface area contributed by atoms with Crippen molar-refractivity contribution in [3.8, 4) is 0 Å². The number of carbonyl (C=O) groups is 1. The monoisotopic (exact) mass is 250 g/mol. The van der Waals surface area contributed by atoms with Gasteiger partial charge in [0.2, 0.25) is 5.91 Å². The first-order valence-electron chi connectivity index (χ1n) is 4.43. The molecule has 1 aromatic heterocycles. The molecule has 0 saturated heterocycles. The second kappa shape index (κ2) is 4.68. The van der Waals surface area contributed by atoms with E-state index in [2.05, 4.69) is 4.98 Å². The van der Waals surface area contributed by atoms with Crippen LogP contribution in [-0.2, 0) is 11.0 Å². The molecular formula is C9H9F3N2O3. The van der Waals surface area contributed by atoms with Crippen LogP contribution in [0.15, 0.2) is 18.2 Å². The normalized spacial score (nSPS) is 15.4. The lowest BCUT2D eigenvalue weighted by Gasteiger charge is -2.15. The molecule has 1 rings (SSSR count). The topological polar surface area (TPSA) is 96.4 Å². The minimum atomic E-state index is -4.67. The Morgan fingerprint density at radius 3 is 2.41 bits per heavy atom. The van der Waals surface area contributed by atoms with Gasteiger partial charge in [0, 0.05) is 0 Å². The summed E-state index contributed by atoms with van der Waals surface area (Å²) in [4.78, 5) is 13.7. The Bertz CT molecular complexity index is 422. The zero-order chi connectivity index (χ0) is 13.2. The Balaban J connectivity index is 3.04. The van der Waals surface area contributed by atoms with Crippen molar-refractivity contribution in [2.45, 2.75) is 18.4 Å². The SMILES string of the molecule is NC(=O)C(O)C(O)c1cccc(C(F)(F)F)n1. The first-order valence-corrected chi connectivity index (χ1v) is 4.43. The molecule has 5 nitrogen and oxygen atoms in total. The average molecular weight is 250 g/mol. The molecule has 0 aromatic carbocycles. The Morgan fingerprint density at radius 2 is 1.94 bits per heavy atom. The maximum absolute atomic E-state index is 12.3. The van der Waals surface area contributed by atoms with Crippen LogP contribution in [0.3, 0.4) is 0 Å². The van der Waals surface area contributed by atoms with Crippen LogP contribution in [0.25, 0.3) is 0 Å². The fraction of sp³-hybridized carbons (Fsp3) is 0.333. The van der Waals surface area contributed by atoms with E-state index >= 15 is 0 Å². The molecule has 1 amide bonds. The Hall–Kier alpha value is -1.67. The van der Waals surface area contributed by atoms with Gasteiger partial charge in [-0.15, -0.1) is 0 Å². The van der Waals surface area contributed by atoms with E-state index in [1.165, 1.54) is 0 Å². The molecule has 0 bridgehead atoms. The third-order valence-electron chi connectivity index (χ3n) is 1.95. The van der Waals surface area contributed by atoms with Gasteiger partial charge in [0.15, 0.2) is 6.10 Å². The van der Waals surface area contributed by atoms with Crippen LogP contribution in [-0.4, -0.2) is 27.2 Å². The molecule has 2 unspecified atom stereocenters. The van der Waals surface area contributed by atoms with Crippen LogP contribution < -0.4 is 5.73 Å². The minimum Gasteiger partial charge on any atom is -0.384 e. The summed E-state index contributed by atoms with van der Waals surface area (Å²) in [6.07, 6.45) is -8.58. The number of aromatic nitrogens is 1. The van der Waals surface area contributed by atoms with Gasteiger partial charge in [0.1, 0.15) is 11.8 Å². The Labute approximate surface area is 93.7 Å². The van der Waals surface area contributed by atoms with Crippen molar-refractivity contribution in [2.24, 2.45) is 5.73 Å². The number of pyridine rings is 1. The van der Waals surface area contributed by atoms with Crippen molar-refractivity contribution in [2.75, 3.05) is 0 Å². The van der Waals surface area contributed by atoms with E-state index in [0.717, 1.165) is 12.1 Å². The summed E-state index contributed by atoms with van der Waals surface area (Å²) in [6.45, 7) is 0. The molecule has 1 aromatic rings. The van der Waals surface area contributed by atoms with Gasteiger partial charge in [-0.3, -0.25) is 4.79 Å². The largest absolute Gasteiger partial charge is 0.433 e.